The van der Waals surface area contributed by atoms with Crippen LogP contribution >= 0.6 is 11.3 Å². The number of hydrogen-bond acceptors (Lipinski definition) is 2. The SMILES string of the molecule is C[C@@H]1[C@@H](c2nccs2)C[C@H]2C[C@@H]1C2(C)C. The van der Waals surface area contributed by atoms with Crippen molar-refractivity contribution in [3.05, 3.63) is 16.6 Å². The maximum atomic E-state index is 4.51. The molecule has 3 saturated carbocycles. The van der Waals surface area contributed by atoms with Gasteiger partial charge in [0, 0.05) is 17.5 Å². The molecule has 1 aromatic rings. The summed E-state index contributed by atoms with van der Waals surface area (Å²) in [6.45, 7) is 7.36. The number of hydrogen-bond donors (Lipinski definition) is 0. The second-order valence-electron chi connectivity index (χ2n) is 5.93. The molecular weight excluding hydrogens is 202 g/mol. The van der Waals surface area contributed by atoms with Crippen LogP contribution in [0.2, 0.25) is 0 Å². The monoisotopic (exact) mass is 221 g/mol. The zero-order valence-corrected chi connectivity index (χ0v) is 10.6. The number of fused-ring (bicyclic) bond motifs is 2. The molecule has 0 unspecified atom stereocenters. The molecule has 4 atom stereocenters. The lowest BCUT2D eigenvalue weighted by Crippen LogP contribution is -2.54. The molecule has 0 aliphatic heterocycles. The summed E-state index contributed by atoms with van der Waals surface area (Å²) in [6, 6.07) is 0. The van der Waals surface area contributed by atoms with Crippen LogP contribution in [0.15, 0.2) is 11.6 Å². The molecule has 0 saturated heterocycles. The van der Waals surface area contributed by atoms with Crippen LogP contribution < -0.4 is 0 Å². The Labute approximate surface area is 95.9 Å². The highest BCUT2D eigenvalue weighted by atomic mass is 32.1. The van der Waals surface area contributed by atoms with Crippen LogP contribution in [0, 0.1) is 23.2 Å². The second-order valence-corrected chi connectivity index (χ2v) is 6.86. The van der Waals surface area contributed by atoms with E-state index < -0.39 is 0 Å². The molecule has 0 aromatic carbocycles. The summed E-state index contributed by atoms with van der Waals surface area (Å²) in [5.74, 6) is 3.47. The van der Waals surface area contributed by atoms with E-state index in [2.05, 4.69) is 31.1 Å². The zero-order valence-electron chi connectivity index (χ0n) is 9.73. The Kier molecular flexibility index (Phi) is 2.01. The Morgan fingerprint density at radius 1 is 1.40 bits per heavy atom. The van der Waals surface area contributed by atoms with Crippen molar-refractivity contribution in [3.63, 3.8) is 0 Å². The minimum atomic E-state index is 0.604. The van der Waals surface area contributed by atoms with E-state index in [1.807, 2.05) is 17.5 Å². The molecule has 3 aliphatic rings. The number of rotatable bonds is 1. The lowest BCUT2D eigenvalue weighted by Gasteiger charge is -2.61. The number of aromatic nitrogens is 1. The summed E-state index contributed by atoms with van der Waals surface area (Å²) in [4.78, 5) is 4.51. The fourth-order valence-electron chi connectivity index (χ4n) is 3.89. The van der Waals surface area contributed by atoms with E-state index in [0.29, 0.717) is 5.41 Å². The minimum Gasteiger partial charge on any atom is -0.249 e. The number of nitrogens with zero attached hydrogens (tertiary/aromatic N) is 1. The van der Waals surface area contributed by atoms with E-state index >= 15 is 0 Å². The molecular formula is C13H19NS. The maximum Gasteiger partial charge on any atom is 0.0958 e. The molecule has 0 radical (unpaired) electrons. The van der Waals surface area contributed by atoms with Crippen molar-refractivity contribution in [3.8, 4) is 0 Å². The minimum absolute atomic E-state index is 0.604. The Morgan fingerprint density at radius 2 is 2.20 bits per heavy atom. The topological polar surface area (TPSA) is 12.9 Å². The Hall–Kier alpha value is -0.370. The quantitative estimate of drug-likeness (QED) is 0.700. The Balaban J connectivity index is 1.86. The van der Waals surface area contributed by atoms with Crippen LogP contribution in [-0.2, 0) is 0 Å². The van der Waals surface area contributed by atoms with Crippen LogP contribution in [0.5, 0.6) is 0 Å². The molecule has 82 valence electrons. The first-order valence-corrected chi connectivity index (χ1v) is 6.88. The largest absolute Gasteiger partial charge is 0.249 e. The van der Waals surface area contributed by atoms with Crippen LogP contribution in [-0.4, -0.2) is 4.98 Å². The van der Waals surface area contributed by atoms with Gasteiger partial charge in [0.15, 0.2) is 0 Å². The standard InChI is InChI=1S/C13H19NS/c1-8-10(12-14-4-5-15-12)6-9-7-11(8)13(9,2)3/h4-5,8-11H,6-7H2,1-3H3/t8-,9+,10+,11+/m1/s1. The predicted octanol–water partition coefficient (Wildman–Crippen LogP) is 3.93. The highest BCUT2D eigenvalue weighted by Crippen LogP contribution is 2.64. The zero-order chi connectivity index (χ0) is 10.6. The molecule has 4 rings (SSSR count). The first-order valence-electron chi connectivity index (χ1n) is 6.00. The fourth-order valence-corrected chi connectivity index (χ4v) is 4.76. The van der Waals surface area contributed by atoms with Gasteiger partial charge in [0.05, 0.1) is 5.01 Å². The Morgan fingerprint density at radius 3 is 2.73 bits per heavy atom. The molecule has 3 aliphatic carbocycles. The van der Waals surface area contributed by atoms with Gasteiger partial charge in [0.2, 0.25) is 0 Å². The average Bonchev–Trinajstić information content (AvgIpc) is 2.70. The van der Waals surface area contributed by atoms with Gasteiger partial charge in [0.1, 0.15) is 0 Å². The van der Waals surface area contributed by atoms with Gasteiger partial charge >= 0.3 is 0 Å². The van der Waals surface area contributed by atoms with Crippen molar-refractivity contribution in [2.75, 3.05) is 0 Å². The van der Waals surface area contributed by atoms with Crippen molar-refractivity contribution < 1.29 is 0 Å². The molecule has 1 heterocycles. The molecule has 0 N–H and O–H groups in total. The van der Waals surface area contributed by atoms with Gasteiger partial charge in [-0.15, -0.1) is 11.3 Å². The summed E-state index contributed by atoms with van der Waals surface area (Å²) in [5.41, 5.74) is 0.604. The average molecular weight is 221 g/mol. The van der Waals surface area contributed by atoms with E-state index in [9.17, 15) is 0 Å². The van der Waals surface area contributed by atoms with E-state index in [1.165, 1.54) is 17.8 Å². The van der Waals surface area contributed by atoms with Gasteiger partial charge < -0.3 is 0 Å². The smallest absolute Gasteiger partial charge is 0.0958 e. The third kappa shape index (κ3) is 1.24. The van der Waals surface area contributed by atoms with Gasteiger partial charge in [-0.1, -0.05) is 20.8 Å². The van der Waals surface area contributed by atoms with Crippen molar-refractivity contribution >= 4 is 11.3 Å². The molecule has 0 amide bonds. The normalized spacial score (nSPS) is 42.3. The van der Waals surface area contributed by atoms with Crippen LogP contribution in [0.1, 0.15) is 44.5 Å². The molecule has 0 spiro atoms. The molecule has 2 bridgehead atoms. The van der Waals surface area contributed by atoms with Crippen molar-refractivity contribution in [1.29, 1.82) is 0 Å². The van der Waals surface area contributed by atoms with E-state index in [1.54, 1.807) is 0 Å². The van der Waals surface area contributed by atoms with E-state index in [-0.39, 0.29) is 0 Å². The summed E-state index contributed by atoms with van der Waals surface area (Å²) in [5, 5.41) is 3.50. The van der Waals surface area contributed by atoms with E-state index in [0.717, 1.165) is 23.7 Å². The predicted molar refractivity (Wildman–Crippen MR) is 64.0 cm³/mol. The van der Waals surface area contributed by atoms with Crippen LogP contribution in [0.25, 0.3) is 0 Å². The van der Waals surface area contributed by atoms with E-state index in [4.69, 9.17) is 0 Å². The highest BCUT2D eigenvalue weighted by molar-refractivity contribution is 7.09. The second kappa shape index (κ2) is 3.07. The van der Waals surface area contributed by atoms with Crippen molar-refractivity contribution in [1.82, 2.24) is 4.98 Å². The van der Waals surface area contributed by atoms with Gasteiger partial charge in [-0.2, -0.15) is 0 Å². The molecule has 3 fully saturated rings. The lowest BCUT2D eigenvalue weighted by atomic mass is 9.43. The maximum absolute atomic E-state index is 4.51. The third-order valence-electron chi connectivity index (χ3n) is 5.12. The number of thiazole rings is 1. The van der Waals surface area contributed by atoms with Crippen molar-refractivity contribution in [2.24, 2.45) is 23.2 Å². The fraction of sp³-hybridized carbons (Fsp3) is 0.769. The van der Waals surface area contributed by atoms with Crippen LogP contribution in [0.4, 0.5) is 0 Å². The third-order valence-corrected chi connectivity index (χ3v) is 6.03. The summed E-state index contributed by atoms with van der Waals surface area (Å²) in [6.07, 6.45) is 4.80. The summed E-state index contributed by atoms with van der Waals surface area (Å²) in [7, 11) is 0. The molecule has 15 heavy (non-hydrogen) atoms. The molecule has 2 heteroatoms. The van der Waals surface area contributed by atoms with Gasteiger partial charge in [-0.3, -0.25) is 0 Å². The lowest BCUT2D eigenvalue weighted by molar-refractivity contribution is -0.110. The summed E-state index contributed by atoms with van der Waals surface area (Å²) >= 11 is 1.84. The van der Waals surface area contributed by atoms with Gasteiger partial charge in [0.25, 0.3) is 0 Å². The summed E-state index contributed by atoms with van der Waals surface area (Å²) < 4.78 is 0. The van der Waals surface area contributed by atoms with Crippen molar-refractivity contribution in [2.45, 2.75) is 39.5 Å². The highest BCUT2D eigenvalue weighted by Gasteiger charge is 2.56. The first kappa shape index (κ1) is 9.83. The van der Waals surface area contributed by atoms with Gasteiger partial charge in [-0.05, 0) is 36.0 Å². The molecule has 1 nitrogen and oxygen atoms in total. The first-order chi connectivity index (χ1) is 7.10. The van der Waals surface area contributed by atoms with Gasteiger partial charge in [-0.25, -0.2) is 4.98 Å². The molecule has 1 aromatic heterocycles. The van der Waals surface area contributed by atoms with Crippen LogP contribution in [0.3, 0.4) is 0 Å². The Bertz CT molecular complexity index is 355.